The highest BCUT2D eigenvalue weighted by molar-refractivity contribution is 7.07. The van der Waals surface area contributed by atoms with Crippen molar-refractivity contribution in [3.63, 3.8) is 0 Å². The molecule has 0 aromatic carbocycles. The van der Waals surface area contributed by atoms with Gasteiger partial charge in [-0.3, -0.25) is 10.1 Å². The fraction of sp³-hybridized carbons (Fsp3) is 0.643. The molecular weight excluding hydrogens is 244 g/mol. The molecule has 0 saturated carbocycles. The number of carbonyl (C=O) groups is 1. The predicted molar refractivity (Wildman–Crippen MR) is 75.5 cm³/mol. The third kappa shape index (κ3) is 2.59. The highest BCUT2D eigenvalue weighted by Gasteiger charge is 2.39. The van der Waals surface area contributed by atoms with E-state index in [2.05, 4.69) is 36.0 Å². The summed E-state index contributed by atoms with van der Waals surface area (Å²) in [6.07, 6.45) is 3.50. The highest BCUT2D eigenvalue weighted by atomic mass is 32.1. The Hall–Kier alpha value is -0.870. The van der Waals surface area contributed by atoms with Crippen LogP contribution in [-0.2, 0) is 4.79 Å². The first-order chi connectivity index (χ1) is 8.65. The molecule has 0 radical (unpaired) electrons. The molecule has 1 aliphatic rings. The molecule has 0 bridgehead atoms. The number of nitrogens with one attached hydrogen (secondary N) is 1. The van der Waals surface area contributed by atoms with Crippen LogP contribution in [-0.4, -0.2) is 22.9 Å². The van der Waals surface area contributed by atoms with Gasteiger partial charge in [-0.05, 0) is 42.7 Å². The first-order valence-electron chi connectivity index (χ1n) is 6.75. The van der Waals surface area contributed by atoms with Crippen LogP contribution in [0.1, 0.15) is 51.8 Å². The van der Waals surface area contributed by atoms with Gasteiger partial charge in [-0.2, -0.15) is 11.3 Å². The van der Waals surface area contributed by atoms with E-state index in [1.807, 2.05) is 11.8 Å². The standard InChI is InChI=1S/C14H22N2OS/c1-4-5-6-10(2)16-13(12-7-8-18-9-12)15-11(3)14(16)17/h7-11,13,15H,4-6H2,1-3H3. The van der Waals surface area contributed by atoms with Gasteiger partial charge in [-0.15, -0.1) is 0 Å². The third-order valence-corrected chi connectivity index (χ3v) is 4.32. The van der Waals surface area contributed by atoms with Crippen molar-refractivity contribution in [1.82, 2.24) is 10.2 Å². The minimum Gasteiger partial charge on any atom is -0.319 e. The average Bonchev–Trinajstić information content (AvgIpc) is 2.96. The molecule has 1 saturated heterocycles. The number of nitrogens with zero attached hydrogens (tertiary/aromatic N) is 1. The van der Waals surface area contributed by atoms with E-state index in [0.717, 1.165) is 6.42 Å². The molecule has 2 heterocycles. The van der Waals surface area contributed by atoms with Gasteiger partial charge < -0.3 is 4.90 Å². The Morgan fingerprint density at radius 3 is 2.94 bits per heavy atom. The normalized spacial score (nSPS) is 25.7. The summed E-state index contributed by atoms with van der Waals surface area (Å²) in [6, 6.07) is 2.34. The van der Waals surface area contributed by atoms with Crippen LogP contribution >= 0.6 is 11.3 Å². The van der Waals surface area contributed by atoms with Gasteiger partial charge in [-0.1, -0.05) is 19.8 Å². The van der Waals surface area contributed by atoms with Crippen LogP contribution < -0.4 is 5.32 Å². The van der Waals surface area contributed by atoms with Gasteiger partial charge in [0.15, 0.2) is 0 Å². The Bertz CT molecular complexity index is 391. The third-order valence-electron chi connectivity index (χ3n) is 3.62. The molecule has 1 fully saturated rings. The second-order valence-corrected chi connectivity index (χ2v) is 5.86. The van der Waals surface area contributed by atoms with Crippen molar-refractivity contribution < 1.29 is 4.79 Å². The summed E-state index contributed by atoms with van der Waals surface area (Å²) >= 11 is 1.68. The van der Waals surface area contributed by atoms with E-state index in [0.29, 0.717) is 6.04 Å². The van der Waals surface area contributed by atoms with E-state index in [1.54, 1.807) is 11.3 Å². The SMILES string of the molecule is CCCCC(C)N1C(=O)C(C)NC1c1ccsc1. The van der Waals surface area contributed by atoms with Crippen LogP contribution in [0.3, 0.4) is 0 Å². The highest BCUT2D eigenvalue weighted by Crippen LogP contribution is 2.30. The van der Waals surface area contributed by atoms with Gasteiger partial charge in [0.2, 0.25) is 5.91 Å². The van der Waals surface area contributed by atoms with Gasteiger partial charge in [0, 0.05) is 6.04 Å². The molecular formula is C14H22N2OS. The molecule has 4 heteroatoms. The molecule has 1 aliphatic heterocycles. The number of carbonyl (C=O) groups excluding carboxylic acids is 1. The van der Waals surface area contributed by atoms with Crippen LogP contribution in [0.2, 0.25) is 0 Å². The van der Waals surface area contributed by atoms with Crippen LogP contribution in [0.4, 0.5) is 0 Å². The van der Waals surface area contributed by atoms with Gasteiger partial charge in [0.05, 0.1) is 6.04 Å². The lowest BCUT2D eigenvalue weighted by Crippen LogP contribution is -2.38. The van der Waals surface area contributed by atoms with E-state index in [1.165, 1.54) is 18.4 Å². The maximum Gasteiger partial charge on any atom is 0.241 e. The van der Waals surface area contributed by atoms with Crippen molar-refractivity contribution in [2.45, 2.75) is 58.3 Å². The quantitative estimate of drug-likeness (QED) is 0.888. The maximum atomic E-state index is 12.3. The number of rotatable bonds is 5. The lowest BCUT2D eigenvalue weighted by molar-refractivity contribution is -0.131. The molecule has 0 spiro atoms. The van der Waals surface area contributed by atoms with Crippen molar-refractivity contribution in [3.8, 4) is 0 Å². The predicted octanol–water partition coefficient (Wildman–Crippen LogP) is 3.15. The lowest BCUT2D eigenvalue weighted by atomic mass is 10.1. The second-order valence-electron chi connectivity index (χ2n) is 5.08. The first-order valence-corrected chi connectivity index (χ1v) is 7.69. The van der Waals surface area contributed by atoms with Crippen LogP contribution in [0.25, 0.3) is 0 Å². The minimum atomic E-state index is -0.0704. The number of unbranched alkanes of at least 4 members (excludes halogenated alkanes) is 1. The lowest BCUT2D eigenvalue weighted by Gasteiger charge is -2.30. The zero-order valence-electron chi connectivity index (χ0n) is 11.3. The van der Waals surface area contributed by atoms with Crippen molar-refractivity contribution >= 4 is 17.2 Å². The largest absolute Gasteiger partial charge is 0.319 e. The van der Waals surface area contributed by atoms with Crippen LogP contribution in [0.5, 0.6) is 0 Å². The molecule has 3 nitrogen and oxygen atoms in total. The minimum absolute atomic E-state index is 0.0607. The Morgan fingerprint density at radius 1 is 1.56 bits per heavy atom. The second kappa shape index (κ2) is 5.85. The monoisotopic (exact) mass is 266 g/mol. The van der Waals surface area contributed by atoms with E-state index in [4.69, 9.17) is 0 Å². The molecule has 3 unspecified atom stereocenters. The number of amides is 1. The first kappa shape index (κ1) is 13.6. The Morgan fingerprint density at radius 2 is 2.33 bits per heavy atom. The molecule has 3 atom stereocenters. The molecule has 1 aromatic rings. The summed E-state index contributed by atoms with van der Waals surface area (Å²) in [4.78, 5) is 14.3. The topological polar surface area (TPSA) is 32.3 Å². The van der Waals surface area contributed by atoms with Gasteiger partial charge in [0.25, 0.3) is 0 Å². The van der Waals surface area contributed by atoms with E-state index >= 15 is 0 Å². The molecule has 1 amide bonds. The summed E-state index contributed by atoms with van der Waals surface area (Å²) in [6.45, 7) is 6.30. The van der Waals surface area contributed by atoms with E-state index in [-0.39, 0.29) is 18.1 Å². The maximum absolute atomic E-state index is 12.3. The van der Waals surface area contributed by atoms with Gasteiger partial charge in [-0.25, -0.2) is 0 Å². The fourth-order valence-corrected chi connectivity index (χ4v) is 3.22. The Labute approximate surface area is 113 Å². The summed E-state index contributed by atoms with van der Waals surface area (Å²) in [7, 11) is 0. The van der Waals surface area contributed by atoms with E-state index in [9.17, 15) is 4.79 Å². The van der Waals surface area contributed by atoms with Crippen molar-refractivity contribution in [2.75, 3.05) is 0 Å². The fourth-order valence-electron chi connectivity index (χ4n) is 2.54. The molecule has 100 valence electrons. The Kier molecular flexibility index (Phi) is 4.40. The Balaban J connectivity index is 2.15. The summed E-state index contributed by atoms with van der Waals surface area (Å²) in [5, 5.41) is 7.59. The number of hydrogen-bond donors (Lipinski definition) is 1. The van der Waals surface area contributed by atoms with Crippen molar-refractivity contribution in [2.24, 2.45) is 0 Å². The molecule has 18 heavy (non-hydrogen) atoms. The zero-order chi connectivity index (χ0) is 13.1. The van der Waals surface area contributed by atoms with Crippen LogP contribution in [0.15, 0.2) is 16.8 Å². The van der Waals surface area contributed by atoms with Gasteiger partial charge >= 0.3 is 0 Å². The van der Waals surface area contributed by atoms with E-state index < -0.39 is 0 Å². The molecule has 2 rings (SSSR count). The molecule has 1 aromatic heterocycles. The van der Waals surface area contributed by atoms with Gasteiger partial charge in [0.1, 0.15) is 6.17 Å². The number of hydrogen-bond acceptors (Lipinski definition) is 3. The average molecular weight is 266 g/mol. The zero-order valence-corrected chi connectivity index (χ0v) is 12.2. The smallest absolute Gasteiger partial charge is 0.241 e. The summed E-state index contributed by atoms with van der Waals surface area (Å²) in [5.41, 5.74) is 1.21. The summed E-state index contributed by atoms with van der Waals surface area (Å²) < 4.78 is 0. The molecule has 1 N–H and O–H groups in total. The summed E-state index contributed by atoms with van der Waals surface area (Å²) in [5.74, 6) is 0.231. The van der Waals surface area contributed by atoms with Crippen molar-refractivity contribution in [1.29, 1.82) is 0 Å². The van der Waals surface area contributed by atoms with Crippen molar-refractivity contribution in [3.05, 3.63) is 22.4 Å². The molecule has 0 aliphatic carbocycles. The number of thiophene rings is 1. The van der Waals surface area contributed by atoms with Crippen LogP contribution in [0, 0.1) is 0 Å².